The van der Waals surface area contributed by atoms with Crippen LogP contribution < -0.4 is 10.1 Å². The van der Waals surface area contributed by atoms with Crippen molar-refractivity contribution in [3.05, 3.63) is 24.3 Å². The van der Waals surface area contributed by atoms with Gasteiger partial charge in [-0.15, -0.1) is 0 Å². The Hall–Kier alpha value is -2.28. The Morgan fingerprint density at radius 1 is 1.17 bits per heavy atom. The van der Waals surface area contributed by atoms with E-state index in [1.807, 2.05) is 24.3 Å². The highest BCUT2D eigenvalue weighted by Crippen LogP contribution is 2.23. The number of para-hydroxylation sites is 2. The number of hydrogen-bond acceptors (Lipinski definition) is 4. The van der Waals surface area contributed by atoms with E-state index in [4.69, 9.17) is 4.74 Å². The Bertz CT molecular complexity index is 577. The lowest BCUT2D eigenvalue weighted by molar-refractivity contribution is -0.129. The molecule has 1 fully saturated rings. The molecule has 0 aromatic heterocycles. The van der Waals surface area contributed by atoms with Gasteiger partial charge < -0.3 is 19.9 Å². The van der Waals surface area contributed by atoms with E-state index in [1.165, 1.54) is 0 Å². The molecule has 0 saturated carbocycles. The van der Waals surface area contributed by atoms with E-state index < -0.39 is 0 Å². The van der Waals surface area contributed by atoms with E-state index >= 15 is 0 Å². The molecule has 0 aliphatic carbocycles. The molecule has 1 aliphatic heterocycles. The Morgan fingerprint density at radius 3 is 2.62 bits per heavy atom. The molecule has 3 amide bonds. The van der Waals surface area contributed by atoms with Crippen molar-refractivity contribution in [2.24, 2.45) is 0 Å². The SMILES string of the molecule is COc1ccccc1NC(=O)N1CCCN(CC(=O)N(C)C)CC1. The monoisotopic (exact) mass is 334 g/mol. The highest BCUT2D eigenvalue weighted by Gasteiger charge is 2.21. The Morgan fingerprint density at radius 2 is 1.92 bits per heavy atom. The van der Waals surface area contributed by atoms with Crippen molar-refractivity contribution in [1.29, 1.82) is 0 Å². The van der Waals surface area contributed by atoms with Gasteiger partial charge in [0.2, 0.25) is 5.91 Å². The van der Waals surface area contributed by atoms with Gasteiger partial charge in [-0.3, -0.25) is 9.69 Å². The molecule has 0 spiro atoms. The fourth-order valence-electron chi connectivity index (χ4n) is 2.61. The standard InChI is InChI=1S/C17H26N4O3/c1-19(2)16(22)13-20-9-6-10-21(12-11-20)17(23)18-14-7-4-5-8-15(14)24-3/h4-5,7-8H,6,9-13H2,1-3H3,(H,18,23). The topological polar surface area (TPSA) is 65.1 Å². The molecule has 1 heterocycles. The van der Waals surface area contributed by atoms with Gasteiger partial charge in [0.15, 0.2) is 0 Å². The van der Waals surface area contributed by atoms with Crippen LogP contribution in [0.4, 0.5) is 10.5 Å². The van der Waals surface area contributed by atoms with Crippen LogP contribution in [0.1, 0.15) is 6.42 Å². The number of ether oxygens (including phenoxy) is 1. The van der Waals surface area contributed by atoms with Crippen molar-refractivity contribution >= 4 is 17.6 Å². The van der Waals surface area contributed by atoms with Crippen molar-refractivity contribution < 1.29 is 14.3 Å². The predicted molar refractivity (Wildman–Crippen MR) is 93.3 cm³/mol. The summed E-state index contributed by atoms with van der Waals surface area (Å²) in [6.45, 7) is 3.18. The third kappa shape index (κ3) is 4.86. The minimum atomic E-state index is -0.139. The van der Waals surface area contributed by atoms with Gasteiger partial charge in [-0.05, 0) is 18.6 Å². The Balaban J connectivity index is 1.91. The number of rotatable bonds is 4. The van der Waals surface area contributed by atoms with E-state index in [0.717, 1.165) is 13.0 Å². The molecule has 2 rings (SSSR count). The van der Waals surface area contributed by atoms with Crippen molar-refractivity contribution in [3.8, 4) is 5.75 Å². The van der Waals surface area contributed by atoms with Crippen LogP contribution in [-0.2, 0) is 4.79 Å². The molecule has 0 radical (unpaired) electrons. The van der Waals surface area contributed by atoms with E-state index in [9.17, 15) is 9.59 Å². The van der Waals surface area contributed by atoms with E-state index in [0.29, 0.717) is 37.6 Å². The molecule has 1 aromatic rings. The summed E-state index contributed by atoms with van der Waals surface area (Å²) >= 11 is 0. The molecule has 7 heteroatoms. The number of carbonyl (C=O) groups excluding carboxylic acids is 2. The first kappa shape index (κ1) is 18.1. The number of hydrogen-bond donors (Lipinski definition) is 1. The average molecular weight is 334 g/mol. The second-order valence-electron chi connectivity index (χ2n) is 6.04. The van der Waals surface area contributed by atoms with Crippen molar-refractivity contribution in [3.63, 3.8) is 0 Å². The molecule has 24 heavy (non-hydrogen) atoms. The largest absolute Gasteiger partial charge is 0.495 e. The number of nitrogens with one attached hydrogen (secondary N) is 1. The third-order valence-corrected chi connectivity index (χ3v) is 4.08. The van der Waals surface area contributed by atoms with Crippen LogP contribution in [0.15, 0.2) is 24.3 Å². The summed E-state index contributed by atoms with van der Waals surface area (Å²) in [4.78, 5) is 29.8. The molecular weight excluding hydrogens is 308 g/mol. The number of benzene rings is 1. The summed E-state index contributed by atoms with van der Waals surface area (Å²) in [6, 6.07) is 7.21. The summed E-state index contributed by atoms with van der Waals surface area (Å²) in [7, 11) is 5.09. The van der Waals surface area contributed by atoms with Crippen LogP contribution in [0.5, 0.6) is 5.75 Å². The van der Waals surface area contributed by atoms with Gasteiger partial charge in [-0.1, -0.05) is 12.1 Å². The number of urea groups is 1. The summed E-state index contributed by atoms with van der Waals surface area (Å²) in [5.41, 5.74) is 0.661. The number of carbonyl (C=O) groups is 2. The summed E-state index contributed by atoms with van der Waals surface area (Å²) in [5, 5.41) is 2.90. The smallest absolute Gasteiger partial charge is 0.321 e. The van der Waals surface area contributed by atoms with Gasteiger partial charge in [0, 0.05) is 40.3 Å². The maximum atomic E-state index is 12.5. The van der Waals surface area contributed by atoms with Gasteiger partial charge in [0.25, 0.3) is 0 Å². The third-order valence-electron chi connectivity index (χ3n) is 4.08. The first-order valence-electron chi connectivity index (χ1n) is 8.12. The van der Waals surface area contributed by atoms with Crippen LogP contribution in [0.2, 0.25) is 0 Å². The van der Waals surface area contributed by atoms with Crippen LogP contribution in [0.25, 0.3) is 0 Å². The van der Waals surface area contributed by atoms with Crippen molar-refractivity contribution in [2.75, 3.05) is 59.2 Å². The quantitative estimate of drug-likeness (QED) is 0.902. The fraction of sp³-hybridized carbons (Fsp3) is 0.529. The van der Waals surface area contributed by atoms with Crippen molar-refractivity contribution in [1.82, 2.24) is 14.7 Å². The highest BCUT2D eigenvalue weighted by atomic mass is 16.5. The highest BCUT2D eigenvalue weighted by molar-refractivity contribution is 5.91. The number of methoxy groups -OCH3 is 1. The van der Waals surface area contributed by atoms with E-state index in [2.05, 4.69) is 10.2 Å². The van der Waals surface area contributed by atoms with Gasteiger partial charge >= 0.3 is 6.03 Å². The Kier molecular flexibility index (Phi) is 6.43. The first-order valence-corrected chi connectivity index (χ1v) is 8.12. The zero-order valence-corrected chi connectivity index (χ0v) is 14.6. The van der Waals surface area contributed by atoms with Crippen LogP contribution >= 0.6 is 0 Å². The molecule has 1 aliphatic rings. The summed E-state index contributed by atoms with van der Waals surface area (Å²) in [5.74, 6) is 0.723. The maximum absolute atomic E-state index is 12.5. The minimum Gasteiger partial charge on any atom is -0.495 e. The zero-order valence-electron chi connectivity index (χ0n) is 14.6. The number of nitrogens with zero attached hydrogens (tertiary/aromatic N) is 3. The zero-order chi connectivity index (χ0) is 17.5. The first-order chi connectivity index (χ1) is 11.5. The normalized spacial score (nSPS) is 15.5. The van der Waals surface area contributed by atoms with Gasteiger partial charge in [-0.2, -0.15) is 0 Å². The summed E-state index contributed by atoms with van der Waals surface area (Å²) in [6.07, 6.45) is 0.847. The van der Waals surface area contributed by atoms with Gasteiger partial charge in [-0.25, -0.2) is 4.79 Å². The second kappa shape index (κ2) is 8.54. The van der Waals surface area contributed by atoms with Crippen LogP contribution in [0, 0.1) is 0 Å². The number of likely N-dealkylation sites (N-methyl/N-ethyl adjacent to an activating group) is 1. The fourth-order valence-corrected chi connectivity index (χ4v) is 2.61. The molecule has 132 valence electrons. The second-order valence-corrected chi connectivity index (χ2v) is 6.04. The van der Waals surface area contributed by atoms with Crippen LogP contribution in [-0.4, -0.2) is 80.6 Å². The lowest BCUT2D eigenvalue weighted by atomic mass is 10.3. The number of anilines is 1. The minimum absolute atomic E-state index is 0.0851. The van der Waals surface area contributed by atoms with Gasteiger partial charge in [0.1, 0.15) is 5.75 Å². The molecule has 1 N–H and O–H groups in total. The van der Waals surface area contributed by atoms with Crippen LogP contribution in [0.3, 0.4) is 0 Å². The molecule has 1 aromatic carbocycles. The lowest BCUT2D eigenvalue weighted by Gasteiger charge is -2.23. The molecule has 0 unspecified atom stereocenters. The van der Waals surface area contributed by atoms with E-state index in [-0.39, 0.29) is 11.9 Å². The van der Waals surface area contributed by atoms with Crippen molar-refractivity contribution in [2.45, 2.75) is 6.42 Å². The molecule has 7 nitrogen and oxygen atoms in total. The lowest BCUT2D eigenvalue weighted by Crippen LogP contribution is -2.40. The average Bonchev–Trinajstić information content (AvgIpc) is 2.81. The predicted octanol–water partition coefficient (Wildman–Crippen LogP) is 1.32. The maximum Gasteiger partial charge on any atom is 0.321 e. The molecule has 1 saturated heterocycles. The Labute approximate surface area is 143 Å². The summed E-state index contributed by atoms with van der Waals surface area (Å²) < 4.78 is 5.26. The molecule has 0 bridgehead atoms. The van der Waals surface area contributed by atoms with E-state index in [1.54, 1.807) is 31.0 Å². The van der Waals surface area contributed by atoms with Gasteiger partial charge in [0.05, 0.1) is 19.3 Å². The molecule has 0 atom stereocenters. The molecular formula is C17H26N4O3. The number of amides is 3.